The standard InChI is InChI=1S/C11H18N4/c1-4-6-7-11(13-12)9-8-15(3)14-10(9)5-2/h1,8,11,13H,5-7,12H2,2-3H3. The Kier molecular flexibility index (Phi) is 4.35. The van der Waals surface area contributed by atoms with E-state index in [1.54, 1.807) is 0 Å². The summed E-state index contributed by atoms with van der Waals surface area (Å²) in [4.78, 5) is 0. The van der Waals surface area contributed by atoms with E-state index in [1.807, 2.05) is 17.9 Å². The number of terminal acetylenes is 1. The molecule has 0 saturated carbocycles. The summed E-state index contributed by atoms with van der Waals surface area (Å²) in [5.74, 6) is 8.15. The number of aryl methyl sites for hydroxylation is 2. The van der Waals surface area contributed by atoms with Gasteiger partial charge in [0, 0.05) is 25.2 Å². The maximum atomic E-state index is 5.52. The summed E-state index contributed by atoms with van der Waals surface area (Å²) in [6.07, 6.45) is 9.71. The monoisotopic (exact) mass is 206 g/mol. The summed E-state index contributed by atoms with van der Waals surface area (Å²) in [5.41, 5.74) is 5.02. The predicted molar refractivity (Wildman–Crippen MR) is 60.7 cm³/mol. The lowest BCUT2D eigenvalue weighted by atomic mass is 10.0. The highest BCUT2D eigenvalue weighted by atomic mass is 15.3. The quantitative estimate of drug-likeness (QED) is 0.427. The van der Waals surface area contributed by atoms with Crippen LogP contribution in [0.2, 0.25) is 0 Å². The number of rotatable bonds is 5. The summed E-state index contributed by atoms with van der Waals surface area (Å²) in [5, 5.41) is 4.38. The van der Waals surface area contributed by atoms with Crippen molar-refractivity contribution in [2.24, 2.45) is 12.9 Å². The highest BCUT2D eigenvalue weighted by molar-refractivity contribution is 5.21. The average molecular weight is 206 g/mol. The van der Waals surface area contributed by atoms with Crippen LogP contribution in [0.4, 0.5) is 0 Å². The molecule has 0 saturated heterocycles. The van der Waals surface area contributed by atoms with Gasteiger partial charge >= 0.3 is 0 Å². The van der Waals surface area contributed by atoms with Crippen LogP contribution in [0.1, 0.15) is 37.1 Å². The molecule has 1 unspecified atom stereocenters. The Hall–Kier alpha value is -1.31. The molecule has 82 valence electrons. The van der Waals surface area contributed by atoms with E-state index in [4.69, 9.17) is 12.3 Å². The third-order valence-corrected chi connectivity index (χ3v) is 2.43. The Bertz CT molecular complexity index is 348. The van der Waals surface area contributed by atoms with Gasteiger partial charge in [0.1, 0.15) is 0 Å². The maximum absolute atomic E-state index is 5.52. The number of nitrogens with two attached hydrogens (primary N) is 1. The van der Waals surface area contributed by atoms with Gasteiger partial charge in [0.05, 0.1) is 11.7 Å². The molecule has 1 heterocycles. The van der Waals surface area contributed by atoms with Crippen molar-refractivity contribution in [3.8, 4) is 12.3 Å². The van der Waals surface area contributed by atoms with E-state index in [0.717, 1.165) is 24.1 Å². The molecule has 0 aliphatic rings. The van der Waals surface area contributed by atoms with Crippen LogP contribution in [0.5, 0.6) is 0 Å². The van der Waals surface area contributed by atoms with Gasteiger partial charge in [-0.15, -0.1) is 12.3 Å². The van der Waals surface area contributed by atoms with Crippen molar-refractivity contribution in [3.05, 3.63) is 17.5 Å². The van der Waals surface area contributed by atoms with Crippen LogP contribution in [0.3, 0.4) is 0 Å². The maximum Gasteiger partial charge on any atom is 0.0670 e. The van der Waals surface area contributed by atoms with Gasteiger partial charge in [0.25, 0.3) is 0 Å². The fraction of sp³-hybridized carbons (Fsp3) is 0.545. The molecule has 0 amide bonds. The largest absolute Gasteiger partial charge is 0.275 e. The van der Waals surface area contributed by atoms with Crippen molar-refractivity contribution in [1.82, 2.24) is 15.2 Å². The number of hydrogen-bond donors (Lipinski definition) is 2. The van der Waals surface area contributed by atoms with Crippen LogP contribution in [0.15, 0.2) is 6.20 Å². The average Bonchev–Trinajstić information content (AvgIpc) is 2.61. The lowest BCUT2D eigenvalue weighted by Crippen LogP contribution is -2.28. The molecule has 15 heavy (non-hydrogen) atoms. The minimum Gasteiger partial charge on any atom is -0.275 e. The van der Waals surface area contributed by atoms with Crippen molar-refractivity contribution < 1.29 is 0 Å². The number of nitrogens with zero attached hydrogens (tertiary/aromatic N) is 2. The fourth-order valence-corrected chi connectivity index (χ4v) is 1.68. The Labute approximate surface area is 90.8 Å². The molecule has 0 bridgehead atoms. The third-order valence-electron chi connectivity index (χ3n) is 2.43. The molecule has 0 spiro atoms. The number of hydrazine groups is 1. The van der Waals surface area contributed by atoms with Gasteiger partial charge < -0.3 is 0 Å². The van der Waals surface area contributed by atoms with Gasteiger partial charge in [0.2, 0.25) is 0 Å². The van der Waals surface area contributed by atoms with Gasteiger partial charge in [-0.3, -0.25) is 16.0 Å². The zero-order valence-electron chi connectivity index (χ0n) is 9.33. The smallest absolute Gasteiger partial charge is 0.0670 e. The van der Waals surface area contributed by atoms with Crippen LogP contribution >= 0.6 is 0 Å². The second-order valence-corrected chi connectivity index (χ2v) is 3.52. The number of aromatic nitrogens is 2. The minimum atomic E-state index is 0.102. The Morgan fingerprint density at radius 3 is 3.00 bits per heavy atom. The van der Waals surface area contributed by atoms with Crippen LogP contribution < -0.4 is 11.3 Å². The summed E-state index contributed by atoms with van der Waals surface area (Å²) in [7, 11) is 1.91. The predicted octanol–water partition coefficient (Wildman–Crippen LogP) is 0.900. The molecule has 1 aromatic heterocycles. The van der Waals surface area contributed by atoms with E-state index in [1.165, 1.54) is 0 Å². The first-order valence-electron chi connectivity index (χ1n) is 5.14. The van der Waals surface area contributed by atoms with Crippen molar-refractivity contribution in [2.75, 3.05) is 0 Å². The van der Waals surface area contributed by atoms with Crippen molar-refractivity contribution in [1.29, 1.82) is 0 Å². The lowest BCUT2D eigenvalue weighted by Gasteiger charge is -2.13. The lowest BCUT2D eigenvalue weighted by molar-refractivity contribution is 0.520. The SMILES string of the molecule is C#CCCC(NN)c1cn(C)nc1CC. The van der Waals surface area contributed by atoms with E-state index in [0.29, 0.717) is 6.42 Å². The topological polar surface area (TPSA) is 55.9 Å². The third kappa shape index (κ3) is 2.82. The van der Waals surface area contributed by atoms with Gasteiger partial charge in [-0.05, 0) is 12.8 Å². The van der Waals surface area contributed by atoms with Crippen molar-refractivity contribution >= 4 is 0 Å². The Morgan fingerprint density at radius 1 is 1.73 bits per heavy atom. The normalized spacial score (nSPS) is 12.4. The highest BCUT2D eigenvalue weighted by Crippen LogP contribution is 2.20. The van der Waals surface area contributed by atoms with E-state index in [-0.39, 0.29) is 6.04 Å². The molecule has 0 aliphatic heterocycles. The Balaban J connectivity index is 2.85. The van der Waals surface area contributed by atoms with E-state index >= 15 is 0 Å². The Morgan fingerprint density at radius 2 is 2.47 bits per heavy atom. The second kappa shape index (κ2) is 5.54. The number of nitrogens with one attached hydrogen (secondary N) is 1. The van der Waals surface area contributed by atoms with E-state index in [9.17, 15) is 0 Å². The molecular formula is C11H18N4. The van der Waals surface area contributed by atoms with Gasteiger partial charge in [-0.2, -0.15) is 5.10 Å². The summed E-state index contributed by atoms with van der Waals surface area (Å²) < 4.78 is 1.81. The van der Waals surface area contributed by atoms with E-state index in [2.05, 4.69) is 23.4 Å². The zero-order chi connectivity index (χ0) is 11.3. The molecule has 1 aromatic rings. The summed E-state index contributed by atoms with van der Waals surface area (Å²) in [6.45, 7) is 2.08. The van der Waals surface area contributed by atoms with Gasteiger partial charge in [-0.25, -0.2) is 0 Å². The first-order valence-corrected chi connectivity index (χ1v) is 5.14. The highest BCUT2D eigenvalue weighted by Gasteiger charge is 2.15. The van der Waals surface area contributed by atoms with Crippen molar-refractivity contribution in [3.63, 3.8) is 0 Å². The first kappa shape index (κ1) is 11.8. The van der Waals surface area contributed by atoms with E-state index < -0.39 is 0 Å². The molecule has 0 aliphatic carbocycles. The molecule has 1 rings (SSSR count). The van der Waals surface area contributed by atoms with Crippen LogP contribution in [-0.2, 0) is 13.5 Å². The summed E-state index contributed by atoms with van der Waals surface area (Å²) in [6, 6.07) is 0.102. The van der Waals surface area contributed by atoms with Crippen molar-refractivity contribution in [2.45, 2.75) is 32.2 Å². The molecule has 4 heteroatoms. The van der Waals surface area contributed by atoms with Gasteiger partial charge in [-0.1, -0.05) is 6.92 Å². The molecule has 3 N–H and O–H groups in total. The molecule has 4 nitrogen and oxygen atoms in total. The summed E-state index contributed by atoms with van der Waals surface area (Å²) >= 11 is 0. The first-order chi connectivity index (χ1) is 7.22. The van der Waals surface area contributed by atoms with Gasteiger partial charge in [0.15, 0.2) is 0 Å². The van der Waals surface area contributed by atoms with Crippen LogP contribution in [0.25, 0.3) is 0 Å². The number of hydrogen-bond acceptors (Lipinski definition) is 3. The molecule has 1 atom stereocenters. The van der Waals surface area contributed by atoms with Crippen LogP contribution in [-0.4, -0.2) is 9.78 Å². The second-order valence-electron chi connectivity index (χ2n) is 3.52. The van der Waals surface area contributed by atoms with Crippen LogP contribution in [0, 0.1) is 12.3 Å². The minimum absolute atomic E-state index is 0.102. The zero-order valence-corrected chi connectivity index (χ0v) is 9.33. The molecule has 0 aromatic carbocycles. The molecule has 0 radical (unpaired) electrons. The fourth-order valence-electron chi connectivity index (χ4n) is 1.68. The molecule has 0 fully saturated rings. The molecular weight excluding hydrogens is 188 g/mol.